The molecule has 0 saturated carbocycles. The summed E-state index contributed by atoms with van der Waals surface area (Å²) in [6, 6.07) is 20.0. The summed E-state index contributed by atoms with van der Waals surface area (Å²) in [5.74, 6) is 0.343. The van der Waals surface area contributed by atoms with Crippen LogP contribution in [0.4, 0.5) is 5.69 Å². The summed E-state index contributed by atoms with van der Waals surface area (Å²) in [5.41, 5.74) is 2.53. The van der Waals surface area contributed by atoms with Gasteiger partial charge in [-0.2, -0.15) is 0 Å². The average Bonchev–Trinajstić information content (AvgIpc) is 3.08. The van der Waals surface area contributed by atoms with Gasteiger partial charge in [0, 0.05) is 0 Å². The summed E-state index contributed by atoms with van der Waals surface area (Å²) in [4.78, 5) is 27.3. The number of nitrogens with one attached hydrogen (secondary N) is 1. The van der Waals surface area contributed by atoms with Crippen LogP contribution >= 0.6 is 24.0 Å². The first-order valence-corrected chi connectivity index (χ1v) is 11.0. The molecule has 3 aromatic carbocycles. The van der Waals surface area contributed by atoms with E-state index >= 15 is 0 Å². The van der Waals surface area contributed by atoms with E-state index in [-0.39, 0.29) is 11.8 Å². The number of nitrogens with zero attached hydrogens (tertiary/aromatic N) is 1. The largest absolute Gasteiger partial charge is 0.479 e. The first kappa shape index (κ1) is 19.8. The molecule has 5 nitrogen and oxygen atoms in total. The predicted octanol–water partition coefficient (Wildman–Crippen LogP) is 4.64. The second-order valence-corrected chi connectivity index (χ2v) is 9.16. The molecule has 1 saturated heterocycles. The first-order valence-electron chi connectivity index (χ1n) is 9.82. The zero-order valence-corrected chi connectivity index (χ0v) is 18.3. The van der Waals surface area contributed by atoms with Gasteiger partial charge in [0.05, 0.1) is 17.1 Å². The van der Waals surface area contributed by atoms with E-state index < -0.39 is 6.10 Å². The Morgan fingerprint density at radius 2 is 1.90 bits per heavy atom. The summed E-state index contributed by atoms with van der Waals surface area (Å²) >= 11 is 6.29. The first-order chi connectivity index (χ1) is 15.0. The van der Waals surface area contributed by atoms with Gasteiger partial charge >= 0.3 is 0 Å². The van der Waals surface area contributed by atoms with E-state index in [9.17, 15) is 9.59 Å². The molecule has 0 bridgehead atoms. The van der Waals surface area contributed by atoms with Crippen molar-refractivity contribution in [2.24, 2.45) is 0 Å². The third kappa shape index (κ3) is 3.82. The molecule has 2 aliphatic heterocycles. The molecule has 0 unspecified atom stereocenters. The number of thiocarbonyl (C=S) groups is 1. The zero-order valence-electron chi connectivity index (χ0n) is 16.6. The van der Waals surface area contributed by atoms with Crippen molar-refractivity contribution < 1.29 is 14.3 Å². The molecule has 7 heteroatoms. The van der Waals surface area contributed by atoms with E-state index in [1.165, 1.54) is 11.8 Å². The molecule has 2 amide bonds. The predicted molar refractivity (Wildman–Crippen MR) is 128 cm³/mol. The van der Waals surface area contributed by atoms with E-state index in [1.807, 2.05) is 36.4 Å². The fourth-order valence-electron chi connectivity index (χ4n) is 3.77. The Morgan fingerprint density at radius 3 is 2.68 bits per heavy atom. The highest BCUT2D eigenvalue weighted by Gasteiger charge is 2.32. The molecular formula is C24H18N2O3S2. The number of ether oxygens (including phenoxy) is 1. The number of carbonyl (C=O) groups excluding carboxylic acids is 2. The Bertz CT molecular complexity index is 1280. The van der Waals surface area contributed by atoms with Gasteiger partial charge in [-0.15, -0.1) is 0 Å². The topological polar surface area (TPSA) is 58.6 Å². The van der Waals surface area contributed by atoms with Crippen molar-refractivity contribution in [2.45, 2.75) is 19.6 Å². The Labute approximate surface area is 189 Å². The molecule has 3 aromatic rings. The molecule has 0 aliphatic carbocycles. The fourth-order valence-corrected chi connectivity index (χ4v) is 4.81. The number of hydrogen-bond donors (Lipinski definition) is 1. The molecule has 2 aliphatic rings. The van der Waals surface area contributed by atoms with Crippen molar-refractivity contribution in [3.05, 3.63) is 76.7 Å². The molecule has 0 radical (unpaired) electrons. The molecule has 0 aromatic heterocycles. The number of thioether (sulfide) groups is 1. The lowest BCUT2D eigenvalue weighted by Crippen LogP contribution is -2.44. The van der Waals surface area contributed by atoms with Crippen molar-refractivity contribution in [1.82, 2.24) is 5.32 Å². The minimum Gasteiger partial charge on any atom is -0.479 e. The van der Waals surface area contributed by atoms with Crippen LogP contribution in [0.1, 0.15) is 18.1 Å². The highest BCUT2D eigenvalue weighted by Crippen LogP contribution is 2.37. The van der Waals surface area contributed by atoms with Gasteiger partial charge in [-0.3, -0.25) is 9.59 Å². The van der Waals surface area contributed by atoms with Gasteiger partial charge in [0.1, 0.15) is 10.1 Å². The molecule has 1 atom stereocenters. The number of fused-ring (bicyclic) bond motifs is 2. The van der Waals surface area contributed by atoms with Crippen LogP contribution in [0.3, 0.4) is 0 Å². The lowest BCUT2D eigenvalue weighted by Gasteiger charge is -2.33. The van der Waals surface area contributed by atoms with Gasteiger partial charge in [-0.25, -0.2) is 0 Å². The number of amides is 2. The van der Waals surface area contributed by atoms with Gasteiger partial charge in [-0.05, 0) is 53.1 Å². The van der Waals surface area contributed by atoms with Crippen LogP contribution in [0, 0.1) is 0 Å². The molecule has 1 fully saturated rings. The number of hydrogen-bond acceptors (Lipinski definition) is 5. The quantitative estimate of drug-likeness (QED) is 0.469. The minimum atomic E-state index is -0.564. The average molecular weight is 447 g/mol. The van der Waals surface area contributed by atoms with Gasteiger partial charge in [0.25, 0.3) is 11.8 Å². The Balaban J connectivity index is 1.52. The van der Waals surface area contributed by atoms with Gasteiger partial charge < -0.3 is 15.0 Å². The van der Waals surface area contributed by atoms with Gasteiger partial charge in [0.2, 0.25) is 0 Å². The Hall–Kier alpha value is -3.16. The monoisotopic (exact) mass is 446 g/mol. The van der Waals surface area contributed by atoms with Crippen molar-refractivity contribution >= 4 is 62.7 Å². The maximum Gasteiger partial charge on any atom is 0.268 e. The Kier molecular flexibility index (Phi) is 5.00. The standard InChI is InChI=1S/C24H18N2O3S2/c1-14-23(28)26(13-16-6-8-17-4-2-3-5-18(17)10-16)19-11-15(7-9-20(19)29-14)12-21-22(27)25-24(30)31-21/h2-12,14H,13H2,1H3,(H,25,27,30)/t14-/m0/s1. The number of carbonyl (C=O) groups is 2. The molecule has 5 rings (SSSR count). The van der Waals surface area contributed by atoms with Crippen molar-refractivity contribution in [3.8, 4) is 5.75 Å². The summed E-state index contributed by atoms with van der Waals surface area (Å²) in [5, 5.41) is 4.91. The summed E-state index contributed by atoms with van der Waals surface area (Å²) < 4.78 is 6.27. The van der Waals surface area contributed by atoms with Crippen LogP contribution in [0.25, 0.3) is 16.8 Å². The van der Waals surface area contributed by atoms with E-state index in [0.717, 1.165) is 21.9 Å². The van der Waals surface area contributed by atoms with E-state index in [4.69, 9.17) is 17.0 Å². The maximum atomic E-state index is 13.0. The van der Waals surface area contributed by atoms with Crippen LogP contribution in [-0.4, -0.2) is 22.2 Å². The van der Waals surface area contributed by atoms with Gasteiger partial charge in [-0.1, -0.05) is 66.4 Å². The second-order valence-electron chi connectivity index (χ2n) is 7.45. The Morgan fingerprint density at radius 1 is 1.10 bits per heavy atom. The van der Waals surface area contributed by atoms with Crippen LogP contribution in [0.2, 0.25) is 0 Å². The SMILES string of the molecule is C[C@@H]1Oc2ccc(C=C3SC(=S)NC3=O)cc2N(Cc2ccc3ccccc3c2)C1=O. The van der Waals surface area contributed by atoms with Crippen LogP contribution in [0.15, 0.2) is 65.6 Å². The fraction of sp³-hybridized carbons (Fsp3) is 0.125. The van der Waals surface area contributed by atoms with Crippen molar-refractivity contribution in [2.75, 3.05) is 4.90 Å². The molecule has 0 spiro atoms. The van der Waals surface area contributed by atoms with E-state index in [1.54, 1.807) is 17.9 Å². The normalized spacial score (nSPS) is 19.5. The molecule has 2 heterocycles. The maximum absolute atomic E-state index is 13.0. The highest BCUT2D eigenvalue weighted by atomic mass is 32.2. The van der Waals surface area contributed by atoms with Crippen LogP contribution in [-0.2, 0) is 16.1 Å². The highest BCUT2D eigenvalue weighted by molar-refractivity contribution is 8.26. The van der Waals surface area contributed by atoms with Crippen LogP contribution < -0.4 is 15.0 Å². The lowest BCUT2D eigenvalue weighted by atomic mass is 10.0. The smallest absolute Gasteiger partial charge is 0.268 e. The van der Waals surface area contributed by atoms with Crippen molar-refractivity contribution in [1.29, 1.82) is 0 Å². The summed E-state index contributed by atoms with van der Waals surface area (Å²) in [6.45, 7) is 2.19. The summed E-state index contributed by atoms with van der Waals surface area (Å²) in [6.07, 6.45) is 1.21. The molecule has 1 N–H and O–H groups in total. The third-order valence-electron chi connectivity index (χ3n) is 5.29. The number of rotatable bonds is 3. The third-order valence-corrected chi connectivity index (χ3v) is 6.45. The molecule has 31 heavy (non-hydrogen) atoms. The minimum absolute atomic E-state index is 0.0976. The second kappa shape index (κ2) is 7.83. The van der Waals surface area contributed by atoms with Crippen molar-refractivity contribution in [3.63, 3.8) is 0 Å². The zero-order chi connectivity index (χ0) is 21.5. The number of benzene rings is 3. The van der Waals surface area contributed by atoms with E-state index in [2.05, 4.69) is 29.6 Å². The summed E-state index contributed by atoms with van der Waals surface area (Å²) in [7, 11) is 0. The van der Waals surface area contributed by atoms with E-state index in [0.29, 0.717) is 27.2 Å². The lowest BCUT2D eigenvalue weighted by molar-refractivity contribution is -0.125. The molecular weight excluding hydrogens is 428 g/mol. The van der Waals surface area contributed by atoms with Gasteiger partial charge in [0.15, 0.2) is 6.10 Å². The molecule has 154 valence electrons. The number of anilines is 1. The van der Waals surface area contributed by atoms with Crippen LogP contribution in [0.5, 0.6) is 5.75 Å².